The Balaban J connectivity index is 1.36. The van der Waals surface area contributed by atoms with Crippen LogP contribution in [-0.2, 0) is 16.1 Å². The van der Waals surface area contributed by atoms with Gasteiger partial charge in [-0.3, -0.25) is 9.69 Å². The fourth-order valence-electron chi connectivity index (χ4n) is 3.36. The van der Waals surface area contributed by atoms with Crippen molar-refractivity contribution >= 4 is 34.7 Å². The fraction of sp³-hybridized carbons (Fsp3) is 0.208. The molecule has 0 atom stereocenters. The van der Waals surface area contributed by atoms with Crippen molar-refractivity contribution in [2.75, 3.05) is 37.4 Å². The van der Waals surface area contributed by atoms with Crippen LogP contribution in [-0.4, -0.2) is 37.1 Å². The highest BCUT2D eigenvalue weighted by atomic mass is 32.1. The lowest BCUT2D eigenvalue weighted by Gasteiger charge is -2.26. The van der Waals surface area contributed by atoms with Crippen LogP contribution in [0.1, 0.15) is 11.1 Å². The lowest BCUT2D eigenvalue weighted by Crippen LogP contribution is -2.35. The molecule has 1 amide bonds. The first-order valence-electron chi connectivity index (χ1n) is 9.99. The topological polar surface area (TPSA) is 67.6 Å². The second kappa shape index (κ2) is 9.71. The number of nitrogen functional groups attached to an aromatic ring is 1. The summed E-state index contributed by atoms with van der Waals surface area (Å²) in [6, 6.07) is 18.0. The number of thiophene rings is 1. The number of nitrogens with one attached hydrogen (secondary N) is 1. The van der Waals surface area contributed by atoms with Gasteiger partial charge >= 0.3 is 0 Å². The molecule has 30 heavy (non-hydrogen) atoms. The number of hydrogen-bond acceptors (Lipinski definition) is 5. The van der Waals surface area contributed by atoms with Gasteiger partial charge in [0.2, 0.25) is 5.91 Å². The Bertz CT molecular complexity index is 1010. The van der Waals surface area contributed by atoms with Crippen LogP contribution >= 0.6 is 11.3 Å². The Labute approximate surface area is 180 Å². The molecule has 0 spiro atoms. The van der Waals surface area contributed by atoms with E-state index in [1.54, 1.807) is 11.3 Å². The summed E-state index contributed by atoms with van der Waals surface area (Å²) in [5, 5.41) is 4.91. The summed E-state index contributed by atoms with van der Waals surface area (Å²) < 4.78 is 5.39. The maximum atomic E-state index is 12.4. The number of nitrogens with zero attached hydrogens (tertiary/aromatic N) is 1. The number of morpholine rings is 1. The van der Waals surface area contributed by atoms with E-state index in [1.165, 1.54) is 11.6 Å². The third kappa shape index (κ3) is 5.36. The highest BCUT2D eigenvalue weighted by molar-refractivity contribution is 7.13. The standard InChI is InChI=1S/C24H25N3O2S/c25-21-9-8-20(23-2-1-15-30-23)16-22(21)26-24(28)10-7-18-3-5-19(6-4-18)17-27-11-13-29-14-12-27/h1-10,15-16H,11-14,17,25H2,(H,26,28)/b10-7+. The van der Waals surface area contributed by atoms with Crippen LogP contribution in [0, 0.1) is 0 Å². The van der Waals surface area contributed by atoms with Gasteiger partial charge in [0.15, 0.2) is 0 Å². The molecule has 5 nitrogen and oxygen atoms in total. The highest BCUT2D eigenvalue weighted by Crippen LogP contribution is 2.30. The van der Waals surface area contributed by atoms with Crippen molar-refractivity contribution in [1.29, 1.82) is 0 Å². The van der Waals surface area contributed by atoms with E-state index in [-0.39, 0.29) is 5.91 Å². The summed E-state index contributed by atoms with van der Waals surface area (Å²) in [6.07, 6.45) is 3.35. The molecule has 0 unspecified atom stereocenters. The van der Waals surface area contributed by atoms with Crippen molar-refractivity contribution in [1.82, 2.24) is 4.90 Å². The summed E-state index contributed by atoms with van der Waals surface area (Å²) in [7, 11) is 0. The zero-order valence-corrected chi connectivity index (χ0v) is 17.5. The molecular formula is C24H25N3O2S. The van der Waals surface area contributed by atoms with Gasteiger partial charge in [-0.2, -0.15) is 0 Å². The molecule has 1 aliphatic heterocycles. The largest absolute Gasteiger partial charge is 0.397 e. The Morgan fingerprint density at radius 2 is 1.93 bits per heavy atom. The zero-order chi connectivity index (χ0) is 20.8. The number of amides is 1. The van der Waals surface area contributed by atoms with Crippen molar-refractivity contribution < 1.29 is 9.53 Å². The van der Waals surface area contributed by atoms with Crippen molar-refractivity contribution in [3.8, 4) is 10.4 Å². The number of nitrogens with two attached hydrogens (primary N) is 1. The lowest BCUT2D eigenvalue weighted by atomic mass is 10.1. The van der Waals surface area contributed by atoms with E-state index in [2.05, 4.69) is 22.3 Å². The zero-order valence-electron chi connectivity index (χ0n) is 16.7. The molecule has 2 heterocycles. The third-order valence-corrected chi connectivity index (χ3v) is 5.95. The molecule has 1 aromatic heterocycles. The number of hydrogen-bond donors (Lipinski definition) is 2. The van der Waals surface area contributed by atoms with Crippen molar-refractivity contribution in [2.45, 2.75) is 6.54 Å². The fourth-order valence-corrected chi connectivity index (χ4v) is 4.08. The van der Waals surface area contributed by atoms with Gasteiger partial charge in [0.25, 0.3) is 0 Å². The molecule has 1 saturated heterocycles. The average Bonchev–Trinajstić information content (AvgIpc) is 3.31. The van der Waals surface area contributed by atoms with Gasteiger partial charge in [0.05, 0.1) is 24.6 Å². The third-order valence-electron chi connectivity index (χ3n) is 5.03. The number of anilines is 2. The quantitative estimate of drug-likeness (QED) is 0.457. The van der Waals surface area contributed by atoms with Gasteiger partial charge in [-0.25, -0.2) is 0 Å². The van der Waals surface area contributed by atoms with Crippen LogP contribution in [0.2, 0.25) is 0 Å². The van der Waals surface area contributed by atoms with E-state index >= 15 is 0 Å². The number of carbonyl (C=O) groups is 1. The first-order valence-corrected chi connectivity index (χ1v) is 10.9. The van der Waals surface area contributed by atoms with Gasteiger partial charge in [-0.1, -0.05) is 36.4 Å². The van der Waals surface area contributed by atoms with Crippen LogP contribution in [0.25, 0.3) is 16.5 Å². The summed E-state index contributed by atoms with van der Waals surface area (Å²) in [6.45, 7) is 4.47. The summed E-state index contributed by atoms with van der Waals surface area (Å²) >= 11 is 1.65. The minimum Gasteiger partial charge on any atom is -0.397 e. The molecular weight excluding hydrogens is 394 g/mol. The second-order valence-electron chi connectivity index (χ2n) is 7.23. The predicted molar refractivity (Wildman–Crippen MR) is 124 cm³/mol. The Morgan fingerprint density at radius 3 is 2.67 bits per heavy atom. The molecule has 6 heteroatoms. The van der Waals surface area contributed by atoms with E-state index in [0.717, 1.165) is 48.9 Å². The molecule has 3 N–H and O–H groups in total. The molecule has 1 fully saturated rings. The van der Waals surface area contributed by atoms with E-state index in [1.807, 2.05) is 53.9 Å². The van der Waals surface area contributed by atoms with Gasteiger partial charge in [-0.15, -0.1) is 11.3 Å². The monoisotopic (exact) mass is 419 g/mol. The van der Waals surface area contributed by atoms with Crippen LogP contribution in [0.3, 0.4) is 0 Å². The normalized spacial score (nSPS) is 14.8. The maximum Gasteiger partial charge on any atom is 0.248 e. The Hall–Kier alpha value is -2.93. The van der Waals surface area contributed by atoms with E-state index in [4.69, 9.17) is 10.5 Å². The molecule has 0 saturated carbocycles. The molecule has 154 valence electrons. The van der Waals surface area contributed by atoms with Gasteiger partial charge in [0.1, 0.15) is 0 Å². The first kappa shape index (κ1) is 20.3. The lowest BCUT2D eigenvalue weighted by molar-refractivity contribution is -0.111. The minimum absolute atomic E-state index is 0.206. The molecule has 0 aliphatic carbocycles. The SMILES string of the molecule is Nc1ccc(-c2cccs2)cc1NC(=O)/C=C/c1ccc(CN2CCOCC2)cc1. The molecule has 0 radical (unpaired) electrons. The number of carbonyl (C=O) groups excluding carboxylic acids is 1. The molecule has 1 aliphatic rings. The smallest absolute Gasteiger partial charge is 0.248 e. The van der Waals surface area contributed by atoms with Crippen LogP contribution in [0.4, 0.5) is 11.4 Å². The average molecular weight is 420 g/mol. The predicted octanol–water partition coefficient (Wildman–Crippen LogP) is 4.48. The van der Waals surface area contributed by atoms with Crippen LogP contribution in [0.15, 0.2) is 66.1 Å². The Morgan fingerprint density at radius 1 is 1.13 bits per heavy atom. The van der Waals surface area contributed by atoms with Crippen LogP contribution < -0.4 is 11.1 Å². The van der Waals surface area contributed by atoms with Crippen molar-refractivity contribution in [3.05, 3.63) is 77.2 Å². The van der Waals surface area contributed by atoms with Gasteiger partial charge in [0, 0.05) is 30.6 Å². The van der Waals surface area contributed by atoms with E-state index in [9.17, 15) is 4.79 Å². The number of benzene rings is 2. The molecule has 0 bridgehead atoms. The molecule has 4 rings (SSSR count). The van der Waals surface area contributed by atoms with E-state index < -0.39 is 0 Å². The Kier molecular flexibility index (Phi) is 6.59. The van der Waals surface area contributed by atoms with E-state index in [0.29, 0.717) is 11.4 Å². The number of ether oxygens (including phenoxy) is 1. The second-order valence-corrected chi connectivity index (χ2v) is 8.18. The number of rotatable bonds is 6. The minimum atomic E-state index is -0.206. The van der Waals surface area contributed by atoms with Gasteiger partial charge in [-0.05, 0) is 46.3 Å². The summed E-state index contributed by atoms with van der Waals surface area (Å²) in [5.74, 6) is -0.206. The van der Waals surface area contributed by atoms with Crippen molar-refractivity contribution in [3.63, 3.8) is 0 Å². The summed E-state index contributed by atoms with van der Waals surface area (Å²) in [5.41, 5.74) is 10.5. The summed E-state index contributed by atoms with van der Waals surface area (Å²) in [4.78, 5) is 15.9. The van der Waals surface area contributed by atoms with Crippen LogP contribution in [0.5, 0.6) is 0 Å². The first-order chi connectivity index (χ1) is 14.7. The highest BCUT2D eigenvalue weighted by Gasteiger charge is 2.10. The maximum absolute atomic E-state index is 12.4. The van der Waals surface area contributed by atoms with Gasteiger partial charge < -0.3 is 15.8 Å². The molecule has 3 aromatic rings. The van der Waals surface area contributed by atoms with Crippen molar-refractivity contribution in [2.24, 2.45) is 0 Å². The molecule has 2 aromatic carbocycles.